The molecule has 242 valence electrons. The molecule has 0 spiro atoms. The number of allylic oxidation sites excluding steroid dienone is 2. The molecule has 0 fully saturated rings. The molecule has 0 saturated carbocycles. The van der Waals surface area contributed by atoms with Crippen molar-refractivity contribution in [2.45, 2.75) is 193 Å². The van der Waals surface area contributed by atoms with Crippen molar-refractivity contribution in [2.24, 2.45) is 0 Å². The van der Waals surface area contributed by atoms with Gasteiger partial charge in [-0.3, -0.25) is 9.59 Å². The Morgan fingerprint density at radius 1 is 0.537 bits per heavy atom. The molecule has 0 heterocycles. The quantitative estimate of drug-likeness (QED) is 0.0487. The van der Waals surface area contributed by atoms with Crippen LogP contribution in [0, 0.1) is 0 Å². The summed E-state index contributed by atoms with van der Waals surface area (Å²) in [5.41, 5.74) is 0. The number of rotatable bonds is 32. The fourth-order valence-corrected chi connectivity index (χ4v) is 5.08. The highest BCUT2D eigenvalue weighted by atomic mass is 16.6. The van der Waals surface area contributed by atoms with Gasteiger partial charge in [0.1, 0.15) is 6.61 Å². The number of hydrogen-bond acceptors (Lipinski definition) is 5. The molecule has 0 aromatic carbocycles. The van der Waals surface area contributed by atoms with Crippen molar-refractivity contribution in [1.82, 2.24) is 0 Å². The Morgan fingerprint density at radius 2 is 0.902 bits per heavy atom. The summed E-state index contributed by atoms with van der Waals surface area (Å²) >= 11 is 0. The molecule has 0 aromatic heterocycles. The minimum atomic E-state index is -0.766. The van der Waals surface area contributed by atoms with Gasteiger partial charge < -0.3 is 14.6 Å². The Bertz CT molecular complexity index is 589. The SMILES string of the molecule is CCCCCCCCC=CCCCCCCCC(=O)OCC(CO)OC(=O)CCCCCCCCCCCCCC. The van der Waals surface area contributed by atoms with Gasteiger partial charge in [-0.1, -0.05) is 148 Å². The van der Waals surface area contributed by atoms with Gasteiger partial charge in [-0.25, -0.2) is 0 Å². The molecule has 0 aliphatic heterocycles. The average molecular weight is 581 g/mol. The lowest BCUT2D eigenvalue weighted by atomic mass is 10.0. The number of esters is 2. The van der Waals surface area contributed by atoms with Crippen molar-refractivity contribution >= 4 is 11.9 Å². The topological polar surface area (TPSA) is 72.8 Å². The first-order valence-electron chi connectivity index (χ1n) is 17.7. The molecule has 5 nitrogen and oxygen atoms in total. The summed E-state index contributed by atoms with van der Waals surface area (Å²) in [6, 6.07) is 0. The highest BCUT2D eigenvalue weighted by Gasteiger charge is 2.16. The van der Waals surface area contributed by atoms with Gasteiger partial charge in [0.05, 0.1) is 6.61 Å². The van der Waals surface area contributed by atoms with Gasteiger partial charge in [-0.05, 0) is 38.5 Å². The maximum atomic E-state index is 12.1. The molecular weight excluding hydrogens is 512 g/mol. The van der Waals surface area contributed by atoms with Crippen LogP contribution >= 0.6 is 0 Å². The van der Waals surface area contributed by atoms with Gasteiger partial charge in [0, 0.05) is 12.8 Å². The molecule has 1 N–H and O–H groups in total. The van der Waals surface area contributed by atoms with Gasteiger partial charge in [-0.15, -0.1) is 0 Å². The minimum Gasteiger partial charge on any atom is -0.462 e. The lowest BCUT2D eigenvalue weighted by Crippen LogP contribution is -2.28. The van der Waals surface area contributed by atoms with Crippen molar-refractivity contribution in [2.75, 3.05) is 13.2 Å². The molecule has 0 rings (SSSR count). The summed E-state index contributed by atoms with van der Waals surface area (Å²) in [5, 5.41) is 9.50. The summed E-state index contributed by atoms with van der Waals surface area (Å²) in [6.07, 6.45) is 35.5. The van der Waals surface area contributed by atoms with Crippen LogP contribution in [0.4, 0.5) is 0 Å². The van der Waals surface area contributed by atoms with E-state index in [1.54, 1.807) is 0 Å². The van der Waals surface area contributed by atoms with Crippen LogP contribution in [0.25, 0.3) is 0 Å². The Kier molecular flexibility index (Phi) is 32.0. The maximum absolute atomic E-state index is 12.1. The first-order chi connectivity index (χ1) is 20.1. The molecule has 0 aliphatic carbocycles. The Morgan fingerprint density at radius 3 is 1.32 bits per heavy atom. The second-order valence-electron chi connectivity index (χ2n) is 12.0. The highest BCUT2D eigenvalue weighted by molar-refractivity contribution is 5.70. The van der Waals surface area contributed by atoms with Gasteiger partial charge in [0.15, 0.2) is 6.10 Å². The fraction of sp³-hybridized carbons (Fsp3) is 0.889. The van der Waals surface area contributed by atoms with E-state index in [9.17, 15) is 14.7 Å². The first-order valence-corrected chi connectivity index (χ1v) is 17.7. The summed E-state index contributed by atoms with van der Waals surface area (Å²) in [6.45, 7) is 4.12. The van der Waals surface area contributed by atoms with E-state index >= 15 is 0 Å². The summed E-state index contributed by atoms with van der Waals surface area (Å²) in [4.78, 5) is 24.1. The van der Waals surface area contributed by atoms with Crippen LogP contribution in [-0.4, -0.2) is 36.4 Å². The third-order valence-electron chi connectivity index (χ3n) is 7.81. The smallest absolute Gasteiger partial charge is 0.306 e. The number of ether oxygens (including phenoxy) is 2. The van der Waals surface area contributed by atoms with Crippen LogP contribution in [0.15, 0.2) is 12.2 Å². The fourth-order valence-electron chi connectivity index (χ4n) is 5.08. The van der Waals surface area contributed by atoms with Gasteiger partial charge in [-0.2, -0.15) is 0 Å². The summed E-state index contributed by atoms with van der Waals surface area (Å²) < 4.78 is 10.6. The van der Waals surface area contributed by atoms with Gasteiger partial charge in [0.2, 0.25) is 0 Å². The molecule has 0 aliphatic rings. The highest BCUT2D eigenvalue weighted by Crippen LogP contribution is 2.14. The predicted octanol–water partition coefficient (Wildman–Crippen LogP) is 10.6. The van der Waals surface area contributed by atoms with Crippen LogP contribution in [-0.2, 0) is 19.1 Å². The average Bonchev–Trinajstić information content (AvgIpc) is 2.97. The number of aliphatic hydroxyl groups excluding tert-OH is 1. The molecule has 41 heavy (non-hydrogen) atoms. The Balaban J connectivity index is 3.56. The van der Waals surface area contributed by atoms with Crippen molar-refractivity contribution in [1.29, 1.82) is 0 Å². The van der Waals surface area contributed by atoms with Crippen LogP contribution in [0.2, 0.25) is 0 Å². The van der Waals surface area contributed by atoms with Gasteiger partial charge in [0.25, 0.3) is 0 Å². The number of carbonyl (C=O) groups excluding carboxylic acids is 2. The standard InChI is InChI=1S/C36H68O5/c1-3-5-7-9-11-13-15-17-18-19-21-22-24-26-28-30-35(38)40-33-34(32-37)41-36(39)31-29-27-25-23-20-16-14-12-10-8-6-4-2/h17-18,34,37H,3-16,19-33H2,1-2H3. The maximum Gasteiger partial charge on any atom is 0.306 e. The zero-order valence-corrected chi connectivity index (χ0v) is 27.3. The van der Waals surface area contributed by atoms with E-state index in [1.807, 2.05) is 0 Å². The van der Waals surface area contributed by atoms with E-state index in [0.717, 1.165) is 44.9 Å². The molecule has 1 atom stereocenters. The molecule has 0 aromatic rings. The largest absolute Gasteiger partial charge is 0.462 e. The first kappa shape index (κ1) is 39.6. The van der Waals surface area contributed by atoms with Crippen molar-refractivity contribution in [3.63, 3.8) is 0 Å². The lowest BCUT2D eigenvalue weighted by Gasteiger charge is -2.15. The number of carbonyl (C=O) groups is 2. The molecule has 0 bridgehead atoms. The lowest BCUT2D eigenvalue weighted by molar-refractivity contribution is -0.161. The number of unbranched alkanes of at least 4 members (excludes halogenated alkanes) is 22. The van der Waals surface area contributed by atoms with Crippen LogP contribution in [0.3, 0.4) is 0 Å². The number of hydrogen-bond donors (Lipinski definition) is 1. The molecule has 1 unspecified atom stereocenters. The molecular formula is C36H68O5. The van der Waals surface area contributed by atoms with Crippen molar-refractivity contribution < 1.29 is 24.2 Å². The zero-order chi connectivity index (χ0) is 30.1. The van der Waals surface area contributed by atoms with E-state index < -0.39 is 6.10 Å². The molecule has 0 radical (unpaired) electrons. The Hall–Kier alpha value is -1.36. The van der Waals surface area contributed by atoms with Crippen LogP contribution in [0.1, 0.15) is 187 Å². The van der Waals surface area contributed by atoms with Crippen molar-refractivity contribution in [3.05, 3.63) is 12.2 Å². The van der Waals surface area contributed by atoms with E-state index in [2.05, 4.69) is 26.0 Å². The molecule has 0 saturated heterocycles. The third kappa shape index (κ3) is 31.4. The molecule has 5 heteroatoms. The summed E-state index contributed by atoms with van der Waals surface area (Å²) in [7, 11) is 0. The second-order valence-corrected chi connectivity index (χ2v) is 12.0. The molecule has 0 amide bonds. The zero-order valence-electron chi connectivity index (χ0n) is 27.3. The normalized spacial score (nSPS) is 12.2. The van der Waals surface area contributed by atoms with Crippen molar-refractivity contribution in [3.8, 4) is 0 Å². The van der Waals surface area contributed by atoms with Crippen LogP contribution < -0.4 is 0 Å². The minimum absolute atomic E-state index is 0.0649. The van der Waals surface area contributed by atoms with Gasteiger partial charge >= 0.3 is 11.9 Å². The predicted molar refractivity (Wildman–Crippen MR) is 173 cm³/mol. The van der Waals surface area contributed by atoms with E-state index in [1.165, 1.54) is 116 Å². The monoisotopic (exact) mass is 581 g/mol. The van der Waals surface area contributed by atoms with E-state index in [-0.39, 0.29) is 25.2 Å². The van der Waals surface area contributed by atoms with E-state index in [0.29, 0.717) is 12.8 Å². The number of aliphatic hydroxyl groups is 1. The second kappa shape index (κ2) is 33.1. The Labute approximate surface area is 254 Å². The van der Waals surface area contributed by atoms with E-state index in [4.69, 9.17) is 9.47 Å². The van der Waals surface area contributed by atoms with Crippen LogP contribution in [0.5, 0.6) is 0 Å². The summed E-state index contributed by atoms with van der Waals surface area (Å²) in [5.74, 6) is -0.595. The third-order valence-corrected chi connectivity index (χ3v) is 7.81.